The zero-order valence-electron chi connectivity index (χ0n) is 28.6. The van der Waals surface area contributed by atoms with Crippen molar-refractivity contribution in [2.45, 2.75) is 98.6 Å². The van der Waals surface area contributed by atoms with E-state index in [2.05, 4.69) is 21.3 Å². The lowest BCUT2D eigenvalue weighted by Crippen LogP contribution is -2.49. The molecule has 0 spiro atoms. The number of anilines is 1. The van der Waals surface area contributed by atoms with Crippen LogP contribution in [-0.2, 0) is 44.9 Å². The first kappa shape index (κ1) is 45.1. The molecule has 1 atom stereocenters. The Labute approximate surface area is 281 Å². The predicted octanol–water partition coefficient (Wildman–Crippen LogP) is 2.20. The number of carbonyl (C=O) groups excluding carboxylic acids is 7. The van der Waals surface area contributed by atoms with E-state index in [9.17, 15) is 38.4 Å². The highest BCUT2D eigenvalue weighted by molar-refractivity contribution is 5.97. The van der Waals surface area contributed by atoms with Crippen LogP contribution in [0.4, 0.5) is 10.5 Å². The molecule has 0 heterocycles. The number of unbranched alkanes of at least 4 members (excludes halogenated alkanes) is 2. The molecule has 48 heavy (non-hydrogen) atoms. The first-order chi connectivity index (χ1) is 22.8. The van der Waals surface area contributed by atoms with Crippen molar-refractivity contribution in [3.05, 3.63) is 29.8 Å². The lowest BCUT2D eigenvalue weighted by atomic mass is 10.1. The van der Waals surface area contributed by atoms with Gasteiger partial charge in [0.1, 0.15) is 12.6 Å². The fourth-order valence-corrected chi connectivity index (χ4v) is 3.60. The van der Waals surface area contributed by atoms with Gasteiger partial charge in [0.15, 0.2) is 0 Å². The summed E-state index contributed by atoms with van der Waals surface area (Å²) in [6.07, 6.45) is 3.13. The van der Waals surface area contributed by atoms with Crippen LogP contribution in [0.25, 0.3) is 0 Å². The SMILES string of the molecule is CC.CCCC(=O)N(C=O)CCCCCC(=O)NC(CC(=O)O)C(=O)NCC(=O)Nc1ccc(COC(C)=O)cc1.CCCNC(N)=O. The number of hydrogen-bond acceptors (Lipinski definition) is 9. The van der Waals surface area contributed by atoms with E-state index in [0.717, 1.165) is 11.3 Å². The van der Waals surface area contributed by atoms with E-state index < -0.39 is 54.7 Å². The molecule has 7 N–H and O–H groups in total. The smallest absolute Gasteiger partial charge is 0.312 e. The minimum atomic E-state index is -1.37. The lowest BCUT2D eigenvalue weighted by molar-refractivity contribution is -0.142. The topological polar surface area (TPSA) is 243 Å². The van der Waals surface area contributed by atoms with E-state index in [4.69, 9.17) is 15.6 Å². The van der Waals surface area contributed by atoms with Gasteiger partial charge in [-0.25, -0.2) is 4.79 Å². The number of benzene rings is 1. The monoisotopic (exact) mass is 680 g/mol. The number of esters is 1. The summed E-state index contributed by atoms with van der Waals surface area (Å²) in [6.45, 7) is 9.66. The summed E-state index contributed by atoms with van der Waals surface area (Å²) in [6, 6.07) is 4.67. The maximum atomic E-state index is 12.5. The zero-order valence-corrected chi connectivity index (χ0v) is 28.6. The number of nitrogens with zero attached hydrogens (tertiary/aromatic N) is 1. The Morgan fingerprint density at radius 1 is 0.917 bits per heavy atom. The van der Waals surface area contributed by atoms with Gasteiger partial charge in [0.25, 0.3) is 0 Å². The molecule has 0 radical (unpaired) electrons. The largest absolute Gasteiger partial charge is 0.481 e. The van der Waals surface area contributed by atoms with Gasteiger partial charge < -0.3 is 36.8 Å². The number of ether oxygens (including phenoxy) is 1. The summed E-state index contributed by atoms with van der Waals surface area (Å²) in [5, 5.41) is 18.8. The molecule has 1 rings (SSSR count). The first-order valence-electron chi connectivity index (χ1n) is 15.9. The number of rotatable bonds is 20. The van der Waals surface area contributed by atoms with Crippen LogP contribution in [0.2, 0.25) is 0 Å². The Morgan fingerprint density at radius 2 is 1.56 bits per heavy atom. The minimum absolute atomic E-state index is 0.0152. The van der Waals surface area contributed by atoms with Crippen molar-refractivity contribution in [2.75, 3.05) is 25.0 Å². The summed E-state index contributed by atoms with van der Waals surface area (Å²) in [7, 11) is 0. The number of primary amides is 1. The quantitative estimate of drug-likeness (QED) is 0.0666. The van der Waals surface area contributed by atoms with Gasteiger partial charge in [-0.1, -0.05) is 46.2 Å². The normalized spacial score (nSPS) is 10.3. The number of nitrogens with two attached hydrogens (primary N) is 1. The van der Waals surface area contributed by atoms with Crippen molar-refractivity contribution in [1.29, 1.82) is 0 Å². The van der Waals surface area contributed by atoms with Gasteiger partial charge in [0.2, 0.25) is 30.0 Å². The summed E-state index contributed by atoms with van der Waals surface area (Å²) in [5.74, 6) is -3.91. The van der Waals surface area contributed by atoms with Crippen LogP contribution < -0.4 is 27.0 Å². The number of carboxylic acid groups (broad SMARTS) is 1. The second-order valence-corrected chi connectivity index (χ2v) is 10.0. The molecular weight excluding hydrogens is 628 g/mol. The van der Waals surface area contributed by atoms with E-state index in [1.165, 1.54) is 6.92 Å². The highest BCUT2D eigenvalue weighted by Crippen LogP contribution is 2.10. The average Bonchev–Trinajstić information content (AvgIpc) is 3.04. The molecule has 270 valence electrons. The lowest BCUT2D eigenvalue weighted by Gasteiger charge is -2.17. The molecule has 0 fully saturated rings. The van der Waals surface area contributed by atoms with Crippen molar-refractivity contribution in [1.82, 2.24) is 20.9 Å². The van der Waals surface area contributed by atoms with Gasteiger partial charge in [-0.2, -0.15) is 0 Å². The van der Waals surface area contributed by atoms with Crippen LogP contribution in [0.5, 0.6) is 0 Å². The Bertz CT molecular complexity index is 1160. The molecule has 0 bridgehead atoms. The Balaban J connectivity index is 0. The van der Waals surface area contributed by atoms with Gasteiger partial charge in [-0.3, -0.25) is 38.5 Å². The number of carboxylic acids is 1. The van der Waals surface area contributed by atoms with Crippen LogP contribution in [0.1, 0.15) is 91.5 Å². The van der Waals surface area contributed by atoms with Crippen molar-refractivity contribution >= 4 is 53.7 Å². The molecular formula is C32H52N6O10. The van der Waals surface area contributed by atoms with Gasteiger partial charge >= 0.3 is 18.0 Å². The highest BCUT2D eigenvalue weighted by atomic mass is 16.5. The van der Waals surface area contributed by atoms with Gasteiger partial charge in [0, 0.05) is 38.5 Å². The third-order valence-corrected chi connectivity index (χ3v) is 5.90. The number of amides is 7. The number of aliphatic carboxylic acids is 1. The minimum Gasteiger partial charge on any atom is -0.481 e. The maximum Gasteiger partial charge on any atom is 0.312 e. The first-order valence-corrected chi connectivity index (χ1v) is 15.9. The van der Waals surface area contributed by atoms with E-state index in [-0.39, 0.29) is 31.9 Å². The molecule has 0 aliphatic rings. The Morgan fingerprint density at radius 3 is 2.06 bits per heavy atom. The van der Waals surface area contributed by atoms with E-state index in [0.29, 0.717) is 49.9 Å². The number of hydrogen-bond donors (Lipinski definition) is 6. The maximum absolute atomic E-state index is 12.5. The van der Waals surface area contributed by atoms with Crippen LogP contribution in [-0.4, -0.2) is 83.7 Å². The zero-order chi connectivity index (χ0) is 36.9. The predicted molar refractivity (Wildman–Crippen MR) is 178 cm³/mol. The van der Waals surface area contributed by atoms with Crippen LogP contribution >= 0.6 is 0 Å². The Kier molecular flexibility index (Phi) is 26.5. The molecule has 0 saturated carbocycles. The van der Waals surface area contributed by atoms with Crippen molar-refractivity contribution in [3.8, 4) is 0 Å². The second-order valence-electron chi connectivity index (χ2n) is 10.0. The Hall–Kier alpha value is -5.02. The molecule has 16 heteroatoms. The summed E-state index contributed by atoms with van der Waals surface area (Å²) < 4.78 is 4.88. The molecule has 0 aromatic heterocycles. The number of imide groups is 1. The third-order valence-electron chi connectivity index (χ3n) is 5.90. The van der Waals surface area contributed by atoms with Crippen LogP contribution in [0.3, 0.4) is 0 Å². The summed E-state index contributed by atoms with van der Waals surface area (Å²) in [5.41, 5.74) is 5.88. The van der Waals surface area contributed by atoms with Gasteiger partial charge in [0.05, 0.1) is 13.0 Å². The third kappa shape index (κ3) is 24.2. The summed E-state index contributed by atoms with van der Waals surface area (Å²) in [4.78, 5) is 92.7. The molecule has 1 unspecified atom stereocenters. The number of nitrogens with one attached hydrogen (secondary N) is 4. The molecule has 0 aliphatic heterocycles. The number of carbonyl (C=O) groups is 8. The molecule has 0 saturated heterocycles. The molecule has 16 nitrogen and oxygen atoms in total. The van der Waals surface area contributed by atoms with E-state index in [1.807, 2.05) is 27.7 Å². The summed E-state index contributed by atoms with van der Waals surface area (Å²) >= 11 is 0. The van der Waals surface area contributed by atoms with Gasteiger partial charge in [-0.05, 0) is 43.4 Å². The van der Waals surface area contributed by atoms with Crippen molar-refractivity contribution in [2.24, 2.45) is 5.73 Å². The molecule has 7 amide bonds. The molecule has 1 aromatic rings. The molecule has 1 aromatic carbocycles. The van der Waals surface area contributed by atoms with Crippen molar-refractivity contribution < 1.29 is 48.2 Å². The molecule has 0 aliphatic carbocycles. The standard InChI is InChI=1S/C26H36N4O9.C4H10N2O.C2H6/c1-3-7-24(35)30(17-31)13-6-4-5-8-22(33)29-21(14-25(36)37)26(38)27-15-23(34)28-20-11-9-19(10-12-20)16-39-18(2)32;1-2-3-6-4(5)7;1-2/h9-12,17,21H,3-8,13-16H2,1-2H3,(H,27,38)(H,28,34)(H,29,33)(H,36,37);2-3H2,1H3,(H3,5,6,7);1-2H3. The highest BCUT2D eigenvalue weighted by Gasteiger charge is 2.24. The average molecular weight is 681 g/mol. The fraction of sp³-hybridized carbons (Fsp3) is 0.562. The van der Waals surface area contributed by atoms with E-state index >= 15 is 0 Å². The van der Waals surface area contributed by atoms with E-state index in [1.54, 1.807) is 24.3 Å². The fourth-order valence-electron chi connectivity index (χ4n) is 3.60. The van der Waals surface area contributed by atoms with Gasteiger partial charge in [-0.15, -0.1) is 0 Å². The second kappa shape index (κ2) is 28.2. The van der Waals surface area contributed by atoms with Crippen LogP contribution in [0.15, 0.2) is 24.3 Å². The van der Waals surface area contributed by atoms with Crippen molar-refractivity contribution in [3.63, 3.8) is 0 Å². The number of urea groups is 1. The van der Waals surface area contributed by atoms with Crippen LogP contribution in [0, 0.1) is 0 Å².